The molecule has 0 bridgehead atoms. The van der Waals surface area contributed by atoms with Gasteiger partial charge in [0.2, 0.25) is 12.5 Å². The van der Waals surface area contributed by atoms with Crippen molar-refractivity contribution >= 4 is 22.7 Å². The number of hydrogen-bond acceptors (Lipinski definition) is 10. The maximum atomic E-state index is 13.2. The maximum Gasteiger partial charge on any atom is 0.345 e. The number of benzene rings is 3. The Morgan fingerprint density at radius 1 is 0.771 bits per heavy atom. The number of hydrogen-bond donors (Lipinski definition) is 0. The van der Waals surface area contributed by atoms with Gasteiger partial charge in [0.25, 0.3) is 0 Å². The highest BCUT2D eigenvalue weighted by molar-refractivity contribution is 6.20. The van der Waals surface area contributed by atoms with Crippen molar-refractivity contribution in [2.75, 3.05) is 49.5 Å². The predicted octanol–water partition coefficient (Wildman–Crippen LogP) is 3.84. The van der Waals surface area contributed by atoms with Crippen LogP contribution in [0, 0.1) is 0 Å². The van der Waals surface area contributed by atoms with Crippen molar-refractivity contribution in [3.8, 4) is 45.6 Å². The van der Waals surface area contributed by atoms with Crippen molar-refractivity contribution in [3.63, 3.8) is 0 Å². The SMILES string of the molecule is COC(=O)c1c2c(c3cc(OC)c(OC)c(OC)c3c1-c1ccc(OC)c(OC)c1)OCOC2=O. The third-order valence-electron chi connectivity index (χ3n) is 5.71. The lowest BCUT2D eigenvalue weighted by atomic mass is 9.87. The van der Waals surface area contributed by atoms with Gasteiger partial charge in [-0.1, -0.05) is 6.07 Å². The van der Waals surface area contributed by atoms with Crippen LogP contribution >= 0.6 is 0 Å². The van der Waals surface area contributed by atoms with Crippen molar-refractivity contribution in [2.24, 2.45) is 0 Å². The highest BCUT2D eigenvalue weighted by Crippen LogP contribution is 2.53. The number of carbonyl (C=O) groups is 2. The minimum Gasteiger partial charge on any atom is -0.493 e. The van der Waals surface area contributed by atoms with Gasteiger partial charge in [0.15, 0.2) is 23.0 Å². The molecule has 1 heterocycles. The first-order valence-electron chi connectivity index (χ1n) is 10.4. The third-order valence-corrected chi connectivity index (χ3v) is 5.71. The molecular weight excluding hydrogens is 460 g/mol. The van der Waals surface area contributed by atoms with Gasteiger partial charge >= 0.3 is 11.9 Å². The second-order valence-electron chi connectivity index (χ2n) is 7.28. The molecule has 0 radical (unpaired) electrons. The molecule has 0 atom stereocenters. The van der Waals surface area contributed by atoms with Crippen molar-refractivity contribution in [1.82, 2.24) is 0 Å². The molecule has 10 heteroatoms. The lowest BCUT2D eigenvalue weighted by Crippen LogP contribution is -2.23. The van der Waals surface area contributed by atoms with Gasteiger partial charge in [-0.15, -0.1) is 0 Å². The van der Waals surface area contributed by atoms with Crippen molar-refractivity contribution in [2.45, 2.75) is 0 Å². The van der Waals surface area contributed by atoms with Gasteiger partial charge in [-0.2, -0.15) is 0 Å². The predicted molar refractivity (Wildman–Crippen MR) is 124 cm³/mol. The third kappa shape index (κ3) is 3.67. The molecule has 3 aromatic carbocycles. The Morgan fingerprint density at radius 3 is 2.06 bits per heavy atom. The minimum atomic E-state index is -0.771. The summed E-state index contributed by atoms with van der Waals surface area (Å²) in [6.45, 7) is -0.325. The van der Waals surface area contributed by atoms with Crippen LogP contribution < -0.4 is 28.4 Å². The summed E-state index contributed by atoms with van der Waals surface area (Å²) in [5, 5.41) is 0.884. The first kappa shape index (κ1) is 23.8. The Morgan fingerprint density at radius 2 is 1.46 bits per heavy atom. The molecule has 0 fully saturated rings. The van der Waals surface area contributed by atoms with Crippen LogP contribution in [0.1, 0.15) is 20.7 Å². The molecule has 0 saturated carbocycles. The summed E-state index contributed by atoms with van der Waals surface area (Å²) in [5.74, 6) is 0.416. The molecule has 3 aromatic rings. The number of rotatable bonds is 7. The molecule has 184 valence electrons. The number of methoxy groups -OCH3 is 6. The number of cyclic esters (lactones) is 1. The Labute approximate surface area is 201 Å². The van der Waals surface area contributed by atoms with Crippen LogP contribution in [0.25, 0.3) is 21.9 Å². The van der Waals surface area contributed by atoms with E-state index in [1.807, 2.05) is 0 Å². The molecule has 0 N–H and O–H groups in total. The molecule has 0 unspecified atom stereocenters. The average molecular weight is 484 g/mol. The smallest absolute Gasteiger partial charge is 0.345 e. The van der Waals surface area contributed by atoms with Crippen LogP contribution in [-0.4, -0.2) is 61.4 Å². The molecule has 0 amide bonds. The van der Waals surface area contributed by atoms with E-state index in [2.05, 4.69) is 0 Å². The van der Waals surface area contributed by atoms with E-state index in [0.29, 0.717) is 44.9 Å². The lowest BCUT2D eigenvalue weighted by molar-refractivity contribution is 0.00493. The van der Waals surface area contributed by atoms with Crippen LogP contribution in [0.3, 0.4) is 0 Å². The Kier molecular flexibility index (Phi) is 6.46. The van der Waals surface area contributed by atoms with Gasteiger partial charge in [0, 0.05) is 16.3 Å². The molecule has 0 saturated heterocycles. The van der Waals surface area contributed by atoms with Crippen molar-refractivity contribution in [1.29, 1.82) is 0 Å². The van der Waals surface area contributed by atoms with Gasteiger partial charge in [-0.3, -0.25) is 0 Å². The highest BCUT2D eigenvalue weighted by atomic mass is 16.7. The van der Waals surface area contributed by atoms with Gasteiger partial charge in [-0.25, -0.2) is 9.59 Å². The minimum absolute atomic E-state index is 0.0579. The van der Waals surface area contributed by atoms with Crippen LogP contribution in [0.5, 0.6) is 34.5 Å². The maximum absolute atomic E-state index is 13.2. The summed E-state index contributed by atoms with van der Waals surface area (Å²) in [5.41, 5.74) is 0.707. The summed E-state index contributed by atoms with van der Waals surface area (Å²) in [6.07, 6.45) is 0. The number of fused-ring (bicyclic) bond motifs is 3. The summed E-state index contributed by atoms with van der Waals surface area (Å²) in [6, 6.07) is 6.74. The normalized spacial score (nSPS) is 12.2. The number of ether oxygens (including phenoxy) is 8. The fraction of sp³-hybridized carbons (Fsp3) is 0.280. The fourth-order valence-electron chi connectivity index (χ4n) is 4.23. The van der Waals surface area contributed by atoms with E-state index in [1.165, 1.54) is 42.7 Å². The van der Waals surface area contributed by atoms with E-state index in [1.54, 1.807) is 24.3 Å². The van der Waals surface area contributed by atoms with Crippen LogP contribution in [0.2, 0.25) is 0 Å². The second kappa shape index (κ2) is 9.49. The van der Waals surface area contributed by atoms with Gasteiger partial charge < -0.3 is 37.9 Å². The van der Waals surface area contributed by atoms with E-state index in [4.69, 9.17) is 37.9 Å². The first-order valence-corrected chi connectivity index (χ1v) is 10.4. The van der Waals surface area contributed by atoms with E-state index >= 15 is 0 Å². The molecule has 35 heavy (non-hydrogen) atoms. The summed E-state index contributed by atoms with van der Waals surface area (Å²) < 4.78 is 43.6. The number of esters is 2. The molecule has 10 nitrogen and oxygen atoms in total. The molecule has 1 aliphatic rings. The second-order valence-corrected chi connectivity index (χ2v) is 7.28. The van der Waals surface area contributed by atoms with Gasteiger partial charge in [0.1, 0.15) is 11.3 Å². The fourth-order valence-corrected chi connectivity index (χ4v) is 4.23. The van der Waals surface area contributed by atoms with Crippen LogP contribution in [0.15, 0.2) is 24.3 Å². The Hall–Kier alpha value is -4.34. The quantitative estimate of drug-likeness (QED) is 0.459. The summed E-state index contributed by atoms with van der Waals surface area (Å²) in [7, 11) is 8.63. The largest absolute Gasteiger partial charge is 0.493 e. The standard InChI is InChI=1S/C25H24O10/c1-28-14-8-7-12(9-15(14)29-2)17-18-13(10-16(30-3)22(31-4)23(18)32-5)21-20(19(17)24(26)33-6)25(27)35-11-34-21/h7-10H,11H2,1-6H3. The molecule has 0 spiro atoms. The molecule has 1 aliphatic heterocycles. The van der Waals surface area contributed by atoms with E-state index in [-0.39, 0.29) is 29.4 Å². The highest BCUT2D eigenvalue weighted by Gasteiger charge is 2.36. The topological polar surface area (TPSA) is 108 Å². The molecule has 4 rings (SSSR count). The molecular formula is C25H24O10. The van der Waals surface area contributed by atoms with Gasteiger partial charge in [-0.05, 0) is 23.8 Å². The zero-order valence-corrected chi connectivity index (χ0v) is 20.1. The number of carbonyl (C=O) groups excluding carboxylic acids is 2. The van der Waals surface area contributed by atoms with E-state index in [9.17, 15) is 9.59 Å². The molecule has 0 aromatic heterocycles. The van der Waals surface area contributed by atoms with Gasteiger partial charge in [0.05, 0.1) is 48.2 Å². The first-order chi connectivity index (χ1) is 16.9. The monoisotopic (exact) mass is 484 g/mol. The lowest BCUT2D eigenvalue weighted by Gasteiger charge is -2.26. The summed E-state index contributed by atoms with van der Waals surface area (Å²) in [4.78, 5) is 26.2. The van der Waals surface area contributed by atoms with E-state index in [0.717, 1.165) is 0 Å². The van der Waals surface area contributed by atoms with Crippen molar-refractivity contribution < 1.29 is 47.5 Å². The van der Waals surface area contributed by atoms with Crippen molar-refractivity contribution in [3.05, 3.63) is 35.4 Å². The zero-order chi connectivity index (χ0) is 25.3. The van der Waals surface area contributed by atoms with Crippen LogP contribution in [0.4, 0.5) is 0 Å². The summed E-state index contributed by atoms with van der Waals surface area (Å²) >= 11 is 0. The van der Waals surface area contributed by atoms with Crippen LogP contribution in [-0.2, 0) is 9.47 Å². The van der Waals surface area contributed by atoms with E-state index < -0.39 is 11.9 Å². The zero-order valence-electron chi connectivity index (χ0n) is 20.1. The Bertz CT molecular complexity index is 1330. The Balaban J connectivity index is 2.31. The molecule has 0 aliphatic carbocycles. The average Bonchev–Trinajstić information content (AvgIpc) is 2.90.